The Morgan fingerprint density at radius 3 is 2.21 bits per heavy atom. The lowest BCUT2D eigenvalue weighted by molar-refractivity contribution is -0.140. The van der Waals surface area contributed by atoms with Crippen molar-refractivity contribution in [3.8, 4) is 0 Å². The SMILES string of the molecule is O=C(O)CN(CC(=O)O)C(=O)N1CCC(CCO)C1. The quantitative estimate of drug-likeness (QED) is 0.588. The van der Waals surface area contributed by atoms with Crippen molar-refractivity contribution in [3.63, 3.8) is 0 Å². The zero-order valence-corrected chi connectivity index (χ0v) is 10.5. The highest BCUT2D eigenvalue weighted by atomic mass is 16.4. The third-order valence-corrected chi connectivity index (χ3v) is 3.02. The highest BCUT2D eigenvalue weighted by molar-refractivity contribution is 5.84. The van der Waals surface area contributed by atoms with Crippen LogP contribution < -0.4 is 0 Å². The van der Waals surface area contributed by atoms with Crippen molar-refractivity contribution < 1.29 is 29.7 Å². The van der Waals surface area contributed by atoms with Crippen molar-refractivity contribution in [2.45, 2.75) is 12.8 Å². The smallest absolute Gasteiger partial charge is 0.323 e. The van der Waals surface area contributed by atoms with Gasteiger partial charge in [0.15, 0.2) is 0 Å². The molecule has 0 bridgehead atoms. The number of amides is 2. The number of urea groups is 1. The van der Waals surface area contributed by atoms with Crippen LogP contribution in [0, 0.1) is 5.92 Å². The summed E-state index contributed by atoms with van der Waals surface area (Å²) < 4.78 is 0. The molecular formula is C11H18N2O6. The number of carboxylic acids is 2. The summed E-state index contributed by atoms with van der Waals surface area (Å²) in [5.41, 5.74) is 0. The van der Waals surface area contributed by atoms with Gasteiger partial charge in [-0.1, -0.05) is 0 Å². The number of likely N-dealkylation sites (tertiary alicyclic amines) is 1. The molecule has 0 aromatic rings. The molecule has 8 heteroatoms. The molecule has 1 heterocycles. The fourth-order valence-electron chi connectivity index (χ4n) is 2.14. The second kappa shape index (κ2) is 6.93. The lowest BCUT2D eigenvalue weighted by atomic mass is 10.1. The number of carbonyl (C=O) groups is 3. The Bertz CT molecular complexity index is 343. The van der Waals surface area contributed by atoms with E-state index in [1.165, 1.54) is 4.90 Å². The van der Waals surface area contributed by atoms with Gasteiger partial charge in [0.25, 0.3) is 0 Å². The van der Waals surface area contributed by atoms with E-state index in [9.17, 15) is 14.4 Å². The molecule has 1 aliphatic heterocycles. The number of carbonyl (C=O) groups excluding carboxylic acids is 1. The minimum absolute atomic E-state index is 0.0423. The average molecular weight is 274 g/mol. The van der Waals surface area contributed by atoms with Crippen LogP contribution >= 0.6 is 0 Å². The predicted octanol–water partition coefficient (Wildman–Crippen LogP) is -0.718. The fraction of sp³-hybridized carbons (Fsp3) is 0.727. The van der Waals surface area contributed by atoms with Crippen molar-refractivity contribution in [3.05, 3.63) is 0 Å². The van der Waals surface area contributed by atoms with Crippen LogP contribution in [0.4, 0.5) is 4.79 Å². The number of aliphatic carboxylic acids is 2. The number of carboxylic acid groups (broad SMARTS) is 2. The van der Waals surface area contributed by atoms with Gasteiger partial charge in [-0.15, -0.1) is 0 Å². The van der Waals surface area contributed by atoms with E-state index < -0.39 is 31.1 Å². The van der Waals surface area contributed by atoms with Gasteiger partial charge in [-0.05, 0) is 18.8 Å². The minimum Gasteiger partial charge on any atom is -0.480 e. The van der Waals surface area contributed by atoms with Crippen molar-refractivity contribution >= 4 is 18.0 Å². The van der Waals surface area contributed by atoms with Crippen LogP contribution in [-0.2, 0) is 9.59 Å². The summed E-state index contributed by atoms with van der Waals surface area (Å²) in [7, 11) is 0. The van der Waals surface area contributed by atoms with Gasteiger partial charge in [-0.25, -0.2) is 4.79 Å². The molecule has 0 aromatic carbocycles. The standard InChI is InChI=1S/C11H18N2O6/c14-4-2-8-1-3-12(5-8)11(19)13(6-9(15)16)7-10(17)18/h8,14H,1-7H2,(H,15,16)(H,17,18). The molecule has 0 aliphatic carbocycles. The van der Waals surface area contributed by atoms with Crippen LogP contribution in [0.25, 0.3) is 0 Å². The Labute approximate surface area is 110 Å². The van der Waals surface area contributed by atoms with E-state index in [2.05, 4.69) is 0 Å². The summed E-state index contributed by atoms with van der Waals surface area (Å²) >= 11 is 0. The summed E-state index contributed by atoms with van der Waals surface area (Å²) in [6.07, 6.45) is 1.32. The first-order chi connectivity index (χ1) is 8.93. The molecule has 1 saturated heterocycles. The summed E-state index contributed by atoms with van der Waals surface area (Å²) in [6, 6.07) is -0.578. The Balaban J connectivity index is 2.61. The van der Waals surface area contributed by atoms with E-state index in [-0.39, 0.29) is 12.5 Å². The first-order valence-corrected chi connectivity index (χ1v) is 6.02. The van der Waals surface area contributed by atoms with Crippen LogP contribution in [0.1, 0.15) is 12.8 Å². The summed E-state index contributed by atoms with van der Waals surface area (Å²) in [5.74, 6) is -2.31. The summed E-state index contributed by atoms with van der Waals surface area (Å²) in [6.45, 7) is -0.340. The molecule has 108 valence electrons. The van der Waals surface area contributed by atoms with Crippen LogP contribution in [0.15, 0.2) is 0 Å². The van der Waals surface area contributed by atoms with Crippen molar-refractivity contribution in [2.75, 3.05) is 32.8 Å². The normalized spacial score (nSPS) is 18.4. The largest absolute Gasteiger partial charge is 0.480 e. The van der Waals surface area contributed by atoms with Gasteiger partial charge < -0.3 is 25.1 Å². The van der Waals surface area contributed by atoms with Crippen molar-refractivity contribution in [1.29, 1.82) is 0 Å². The molecule has 2 amide bonds. The number of hydrogen-bond acceptors (Lipinski definition) is 4. The third-order valence-electron chi connectivity index (χ3n) is 3.02. The summed E-state index contributed by atoms with van der Waals surface area (Å²) in [5, 5.41) is 26.2. The Morgan fingerprint density at radius 2 is 1.74 bits per heavy atom. The molecule has 8 nitrogen and oxygen atoms in total. The molecule has 1 rings (SSSR count). The van der Waals surface area contributed by atoms with Crippen molar-refractivity contribution in [2.24, 2.45) is 5.92 Å². The van der Waals surface area contributed by atoms with Gasteiger partial charge in [0, 0.05) is 19.7 Å². The zero-order chi connectivity index (χ0) is 14.4. The minimum atomic E-state index is -1.25. The van der Waals surface area contributed by atoms with Crippen LogP contribution in [0.2, 0.25) is 0 Å². The van der Waals surface area contributed by atoms with Gasteiger partial charge in [0.2, 0.25) is 0 Å². The number of rotatable bonds is 6. The highest BCUT2D eigenvalue weighted by Crippen LogP contribution is 2.20. The maximum atomic E-state index is 12.0. The molecule has 19 heavy (non-hydrogen) atoms. The number of hydrogen-bond donors (Lipinski definition) is 3. The monoisotopic (exact) mass is 274 g/mol. The third kappa shape index (κ3) is 4.74. The van der Waals surface area contributed by atoms with E-state index in [0.717, 1.165) is 11.3 Å². The zero-order valence-electron chi connectivity index (χ0n) is 10.5. The first kappa shape index (κ1) is 15.2. The average Bonchev–Trinajstić information content (AvgIpc) is 2.75. The molecule has 1 atom stereocenters. The number of aliphatic hydroxyl groups is 1. The van der Waals surface area contributed by atoms with Crippen LogP contribution in [-0.4, -0.2) is 75.9 Å². The molecule has 1 unspecified atom stereocenters. The van der Waals surface area contributed by atoms with E-state index in [0.29, 0.717) is 19.5 Å². The maximum Gasteiger partial charge on any atom is 0.323 e. The second-order valence-corrected chi connectivity index (χ2v) is 4.54. The van der Waals surface area contributed by atoms with Gasteiger partial charge in [-0.3, -0.25) is 9.59 Å². The summed E-state index contributed by atoms with van der Waals surface area (Å²) in [4.78, 5) is 35.5. The van der Waals surface area contributed by atoms with E-state index >= 15 is 0 Å². The first-order valence-electron chi connectivity index (χ1n) is 6.02. The fourth-order valence-corrected chi connectivity index (χ4v) is 2.14. The van der Waals surface area contributed by atoms with Crippen LogP contribution in [0.5, 0.6) is 0 Å². The highest BCUT2D eigenvalue weighted by Gasteiger charge is 2.30. The lowest BCUT2D eigenvalue weighted by Gasteiger charge is -2.25. The van der Waals surface area contributed by atoms with Gasteiger partial charge >= 0.3 is 18.0 Å². The number of aliphatic hydroxyl groups excluding tert-OH is 1. The van der Waals surface area contributed by atoms with Gasteiger partial charge in [0.1, 0.15) is 13.1 Å². The predicted molar refractivity (Wildman–Crippen MR) is 63.6 cm³/mol. The number of nitrogens with zero attached hydrogens (tertiary/aromatic N) is 2. The molecule has 3 N–H and O–H groups in total. The van der Waals surface area contributed by atoms with Gasteiger partial charge in [-0.2, -0.15) is 0 Å². The molecule has 0 radical (unpaired) electrons. The molecule has 1 fully saturated rings. The molecule has 0 saturated carbocycles. The maximum absolute atomic E-state index is 12.0. The molecule has 0 aromatic heterocycles. The Kier molecular flexibility index (Phi) is 5.56. The van der Waals surface area contributed by atoms with Crippen molar-refractivity contribution in [1.82, 2.24) is 9.80 Å². The molecule has 0 spiro atoms. The Morgan fingerprint density at radius 1 is 1.16 bits per heavy atom. The Hall–Kier alpha value is -1.83. The van der Waals surface area contributed by atoms with Gasteiger partial charge in [0.05, 0.1) is 0 Å². The van der Waals surface area contributed by atoms with E-state index in [1.807, 2.05) is 0 Å². The topological polar surface area (TPSA) is 118 Å². The van der Waals surface area contributed by atoms with E-state index in [4.69, 9.17) is 15.3 Å². The molecular weight excluding hydrogens is 256 g/mol. The molecule has 1 aliphatic rings. The van der Waals surface area contributed by atoms with E-state index in [1.54, 1.807) is 0 Å². The lowest BCUT2D eigenvalue weighted by Crippen LogP contribution is -2.46. The van der Waals surface area contributed by atoms with Crippen LogP contribution in [0.3, 0.4) is 0 Å². The second-order valence-electron chi connectivity index (χ2n) is 4.54.